The molecule has 0 saturated carbocycles. The van der Waals surface area contributed by atoms with Gasteiger partial charge in [0.25, 0.3) is 0 Å². The fourth-order valence-corrected chi connectivity index (χ4v) is 1.88. The summed E-state index contributed by atoms with van der Waals surface area (Å²) in [5.41, 5.74) is 6.39. The molecule has 1 aromatic heterocycles. The Labute approximate surface area is 103 Å². The minimum atomic E-state index is -0.460. The minimum Gasteiger partial charge on any atom is -0.489 e. The second-order valence-corrected chi connectivity index (χ2v) is 4.01. The molecule has 0 bridgehead atoms. The summed E-state index contributed by atoms with van der Waals surface area (Å²) in [6.45, 7) is 0.973. The van der Waals surface area contributed by atoms with Crippen molar-refractivity contribution in [2.24, 2.45) is 0 Å². The lowest BCUT2D eigenvalue weighted by atomic mass is 10.1. The standard InChI is InChI=1S/C12H12FN3O2/c13-11-7(8-6-10(14)16-15-8)2-3-9-12(11)18-5-1-4-17-9/h2-3,6H,1,4-5H2,(H3,14,15,16). The van der Waals surface area contributed by atoms with Crippen LogP contribution in [0.1, 0.15) is 6.42 Å². The molecule has 0 saturated heterocycles. The normalized spacial score (nSPS) is 14.3. The quantitative estimate of drug-likeness (QED) is 0.810. The Bertz CT molecular complexity index is 583. The van der Waals surface area contributed by atoms with Crippen LogP contribution >= 0.6 is 0 Å². The molecule has 0 atom stereocenters. The third kappa shape index (κ3) is 1.75. The third-order valence-electron chi connectivity index (χ3n) is 2.74. The summed E-state index contributed by atoms with van der Waals surface area (Å²) in [6, 6.07) is 4.88. The van der Waals surface area contributed by atoms with Crippen LogP contribution in [0.25, 0.3) is 11.3 Å². The lowest BCUT2D eigenvalue weighted by Crippen LogP contribution is -1.98. The average Bonchev–Trinajstić information content (AvgIpc) is 2.65. The maximum absolute atomic E-state index is 14.3. The summed E-state index contributed by atoms with van der Waals surface area (Å²) in [6.07, 6.45) is 0.737. The second-order valence-electron chi connectivity index (χ2n) is 4.01. The zero-order chi connectivity index (χ0) is 12.5. The van der Waals surface area contributed by atoms with Gasteiger partial charge in [-0.1, -0.05) is 0 Å². The summed E-state index contributed by atoms with van der Waals surface area (Å²) in [5, 5.41) is 6.45. The monoisotopic (exact) mass is 249 g/mol. The topological polar surface area (TPSA) is 73.2 Å². The lowest BCUT2D eigenvalue weighted by Gasteiger charge is -2.10. The Morgan fingerprint density at radius 1 is 1.28 bits per heavy atom. The molecular weight excluding hydrogens is 237 g/mol. The van der Waals surface area contributed by atoms with E-state index < -0.39 is 5.82 Å². The van der Waals surface area contributed by atoms with Crippen LogP contribution in [0.2, 0.25) is 0 Å². The van der Waals surface area contributed by atoms with E-state index in [0.717, 1.165) is 6.42 Å². The van der Waals surface area contributed by atoms with E-state index >= 15 is 0 Å². The van der Waals surface area contributed by atoms with Crippen LogP contribution in [0, 0.1) is 5.82 Å². The first kappa shape index (κ1) is 10.9. The predicted molar refractivity (Wildman–Crippen MR) is 64.0 cm³/mol. The maximum atomic E-state index is 14.3. The number of hydrogen-bond donors (Lipinski definition) is 2. The number of ether oxygens (including phenoxy) is 2. The Balaban J connectivity index is 2.09. The number of nitrogens with one attached hydrogen (secondary N) is 1. The van der Waals surface area contributed by atoms with Gasteiger partial charge in [-0.25, -0.2) is 4.39 Å². The first-order chi connectivity index (χ1) is 8.75. The lowest BCUT2D eigenvalue weighted by molar-refractivity contribution is 0.292. The van der Waals surface area contributed by atoms with E-state index in [1.807, 2.05) is 0 Å². The highest BCUT2D eigenvalue weighted by atomic mass is 19.1. The predicted octanol–water partition coefficient (Wildman–Crippen LogP) is 1.96. The van der Waals surface area contributed by atoms with Gasteiger partial charge in [-0.15, -0.1) is 0 Å². The summed E-state index contributed by atoms with van der Waals surface area (Å²) in [5.74, 6) is 0.439. The van der Waals surface area contributed by atoms with Crippen molar-refractivity contribution in [1.29, 1.82) is 0 Å². The Morgan fingerprint density at radius 2 is 2.11 bits per heavy atom. The number of rotatable bonds is 1. The number of aromatic amines is 1. The highest BCUT2D eigenvalue weighted by Gasteiger charge is 2.20. The van der Waals surface area contributed by atoms with Gasteiger partial charge < -0.3 is 15.2 Å². The Hall–Kier alpha value is -2.24. The van der Waals surface area contributed by atoms with Gasteiger partial charge in [0.1, 0.15) is 5.82 Å². The molecule has 94 valence electrons. The van der Waals surface area contributed by atoms with E-state index in [-0.39, 0.29) is 5.75 Å². The SMILES string of the molecule is Nc1cc(-c2ccc3c(c2F)OCCCO3)[nH]n1. The molecule has 1 aromatic carbocycles. The largest absolute Gasteiger partial charge is 0.489 e. The number of nitrogens with two attached hydrogens (primary N) is 1. The van der Waals surface area contributed by atoms with E-state index in [1.54, 1.807) is 18.2 Å². The molecule has 0 fully saturated rings. The van der Waals surface area contributed by atoms with Crippen molar-refractivity contribution in [3.63, 3.8) is 0 Å². The van der Waals surface area contributed by atoms with Crippen molar-refractivity contribution < 1.29 is 13.9 Å². The first-order valence-corrected chi connectivity index (χ1v) is 5.65. The molecule has 1 aliphatic rings. The Kier molecular flexibility index (Phi) is 2.55. The second kappa shape index (κ2) is 4.21. The highest BCUT2D eigenvalue weighted by Crippen LogP contribution is 2.37. The van der Waals surface area contributed by atoms with Gasteiger partial charge in [-0.3, -0.25) is 5.10 Å². The van der Waals surface area contributed by atoms with Gasteiger partial charge in [-0.2, -0.15) is 5.10 Å². The van der Waals surface area contributed by atoms with E-state index in [1.165, 1.54) is 0 Å². The molecule has 3 N–H and O–H groups in total. The van der Waals surface area contributed by atoms with Crippen molar-refractivity contribution in [3.8, 4) is 22.8 Å². The van der Waals surface area contributed by atoms with Crippen LogP contribution < -0.4 is 15.2 Å². The molecule has 2 heterocycles. The van der Waals surface area contributed by atoms with Gasteiger partial charge in [0.15, 0.2) is 17.3 Å². The van der Waals surface area contributed by atoms with E-state index in [0.29, 0.717) is 36.0 Å². The molecule has 1 aliphatic heterocycles. The minimum absolute atomic E-state index is 0.151. The van der Waals surface area contributed by atoms with Gasteiger partial charge in [0, 0.05) is 18.1 Å². The van der Waals surface area contributed by atoms with Crippen LogP contribution in [-0.4, -0.2) is 23.4 Å². The van der Waals surface area contributed by atoms with Gasteiger partial charge in [-0.05, 0) is 12.1 Å². The first-order valence-electron chi connectivity index (χ1n) is 5.65. The Morgan fingerprint density at radius 3 is 2.89 bits per heavy atom. The van der Waals surface area contributed by atoms with E-state index in [2.05, 4.69) is 10.2 Å². The van der Waals surface area contributed by atoms with Crippen LogP contribution in [0.5, 0.6) is 11.5 Å². The van der Waals surface area contributed by atoms with E-state index in [9.17, 15) is 4.39 Å². The fourth-order valence-electron chi connectivity index (χ4n) is 1.88. The zero-order valence-electron chi connectivity index (χ0n) is 9.57. The van der Waals surface area contributed by atoms with Crippen LogP contribution in [0.3, 0.4) is 0 Å². The molecule has 18 heavy (non-hydrogen) atoms. The summed E-state index contributed by atoms with van der Waals surface area (Å²) in [4.78, 5) is 0. The zero-order valence-corrected chi connectivity index (χ0v) is 9.57. The van der Waals surface area contributed by atoms with Crippen molar-refractivity contribution in [2.75, 3.05) is 18.9 Å². The number of hydrogen-bond acceptors (Lipinski definition) is 4. The molecule has 0 amide bonds. The van der Waals surface area contributed by atoms with Gasteiger partial charge in [0.2, 0.25) is 0 Å². The summed E-state index contributed by atoms with van der Waals surface area (Å²) >= 11 is 0. The number of H-pyrrole nitrogens is 1. The van der Waals surface area contributed by atoms with Crippen LogP contribution in [0.15, 0.2) is 18.2 Å². The molecular formula is C12H12FN3O2. The maximum Gasteiger partial charge on any atom is 0.197 e. The highest BCUT2D eigenvalue weighted by molar-refractivity contribution is 5.67. The number of benzene rings is 1. The average molecular weight is 249 g/mol. The number of fused-ring (bicyclic) bond motifs is 1. The number of anilines is 1. The molecule has 3 rings (SSSR count). The molecule has 0 unspecified atom stereocenters. The number of nitrogen functional groups attached to an aromatic ring is 1. The van der Waals surface area contributed by atoms with Crippen LogP contribution in [0.4, 0.5) is 10.2 Å². The summed E-state index contributed by atoms with van der Waals surface area (Å²) in [7, 11) is 0. The fraction of sp³-hybridized carbons (Fsp3) is 0.250. The number of nitrogens with zero attached hydrogens (tertiary/aromatic N) is 1. The number of halogens is 1. The molecule has 6 heteroatoms. The van der Waals surface area contributed by atoms with Crippen molar-refractivity contribution >= 4 is 5.82 Å². The van der Waals surface area contributed by atoms with Gasteiger partial charge in [0.05, 0.1) is 18.9 Å². The van der Waals surface area contributed by atoms with Gasteiger partial charge >= 0.3 is 0 Å². The van der Waals surface area contributed by atoms with Crippen molar-refractivity contribution in [2.45, 2.75) is 6.42 Å². The molecule has 5 nitrogen and oxygen atoms in total. The van der Waals surface area contributed by atoms with Crippen LogP contribution in [-0.2, 0) is 0 Å². The van der Waals surface area contributed by atoms with Crippen molar-refractivity contribution in [3.05, 3.63) is 24.0 Å². The molecule has 0 aliphatic carbocycles. The smallest absolute Gasteiger partial charge is 0.197 e. The molecule has 2 aromatic rings. The molecule has 0 radical (unpaired) electrons. The van der Waals surface area contributed by atoms with Crippen molar-refractivity contribution in [1.82, 2.24) is 10.2 Å². The molecule has 0 spiro atoms. The van der Waals surface area contributed by atoms with E-state index in [4.69, 9.17) is 15.2 Å². The number of aromatic nitrogens is 2. The third-order valence-corrected chi connectivity index (χ3v) is 2.74. The summed E-state index contributed by atoms with van der Waals surface area (Å²) < 4.78 is 25.1.